The first kappa shape index (κ1) is 15.9. The Morgan fingerprint density at radius 2 is 2.19 bits per heavy atom. The van der Waals surface area contributed by atoms with Gasteiger partial charge in [0.05, 0.1) is 11.5 Å². The monoisotopic (exact) mass is 312 g/mol. The minimum absolute atomic E-state index is 0.0323. The summed E-state index contributed by atoms with van der Waals surface area (Å²) >= 11 is 0. The lowest BCUT2D eigenvalue weighted by Crippen LogP contribution is -2.33. The van der Waals surface area contributed by atoms with Gasteiger partial charge in [-0.25, -0.2) is 13.1 Å². The summed E-state index contributed by atoms with van der Waals surface area (Å²) in [6.45, 7) is 4.01. The standard InChI is InChI=1S/C14H20N2O4S/c1-10-8-12-9-13(21(18,19)15-6-7-20-3)4-5-14(12)16(10)11(2)17/h4-5,9-10,15H,6-8H2,1-3H3/t10-/m0/s1. The van der Waals surface area contributed by atoms with Gasteiger partial charge < -0.3 is 9.64 Å². The van der Waals surface area contributed by atoms with Crippen LogP contribution in [0, 0.1) is 0 Å². The molecule has 0 radical (unpaired) electrons. The lowest BCUT2D eigenvalue weighted by atomic mass is 10.1. The number of sulfonamides is 1. The van der Waals surface area contributed by atoms with Gasteiger partial charge in [0.1, 0.15) is 0 Å². The summed E-state index contributed by atoms with van der Waals surface area (Å²) in [5, 5.41) is 0. The summed E-state index contributed by atoms with van der Waals surface area (Å²) in [5.74, 6) is -0.0323. The van der Waals surface area contributed by atoms with E-state index >= 15 is 0 Å². The fraction of sp³-hybridized carbons (Fsp3) is 0.500. The molecule has 0 aromatic heterocycles. The maximum absolute atomic E-state index is 12.2. The van der Waals surface area contributed by atoms with Crippen LogP contribution in [-0.2, 0) is 26.0 Å². The molecule has 0 aliphatic carbocycles. The van der Waals surface area contributed by atoms with E-state index in [1.807, 2.05) is 6.92 Å². The molecule has 0 spiro atoms. The predicted molar refractivity (Wildman–Crippen MR) is 79.8 cm³/mol. The fourth-order valence-electron chi connectivity index (χ4n) is 2.62. The fourth-order valence-corrected chi connectivity index (χ4v) is 3.68. The maximum atomic E-state index is 12.2. The van der Waals surface area contributed by atoms with Gasteiger partial charge in [-0.2, -0.15) is 0 Å². The van der Waals surface area contributed by atoms with E-state index < -0.39 is 10.0 Å². The number of ether oxygens (including phenoxy) is 1. The first-order chi connectivity index (χ1) is 9.86. The number of methoxy groups -OCH3 is 1. The topological polar surface area (TPSA) is 75.7 Å². The average Bonchev–Trinajstić information content (AvgIpc) is 2.73. The van der Waals surface area contributed by atoms with Crippen LogP contribution < -0.4 is 9.62 Å². The second-order valence-corrected chi connectivity index (χ2v) is 6.89. The van der Waals surface area contributed by atoms with Crippen LogP contribution in [0.15, 0.2) is 23.1 Å². The van der Waals surface area contributed by atoms with E-state index in [-0.39, 0.29) is 23.4 Å². The minimum Gasteiger partial charge on any atom is -0.383 e. The molecule has 1 aromatic carbocycles. The molecule has 7 heteroatoms. The third-order valence-electron chi connectivity index (χ3n) is 3.51. The highest BCUT2D eigenvalue weighted by molar-refractivity contribution is 7.89. The molecule has 1 aromatic rings. The van der Waals surface area contributed by atoms with E-state index in [0.717, 1.165) is 11.3 Å². The lowest BCUT2D eigenvalue weighted by Gasteiger charge is -2.20. The lowest BCUT2D eigenvalue weighted by molar-refractivity contribution is -0.116. The average molecular weight is 312 g/mol. The Hall–Kier alpha value is -1.44. The van der Waals surface area contributed by atoms with Crippen LogP contribution in [0.1, 0.15) is 19.4 Å². The predicted octanol–water partition coefficient (Wildman–Crippen LogP) is 0.909. The number of carbonyl (C=O) groups is 1. The molecule has 0 saturated heterocycles. The third-order valence-corrected chi connectivity index (χ3v) is 4.97. The van der Waals surface area contributed by atoms with Crippen LogP contribution in [0.2, 0.25) is 0 Å². The summed E-state index contributed by atoms with van der Waals surface area (Å²) in [5.41, 5.74) is 1.68. The zero-order valence-electron chi connectivity index (χ0n) is 12.4. The number of anilines is 1. The molecule has 0 fully saturated rings. The van der Waals surface area contributed by atoms with E-state index in [9.17, 15) is 13.2 Å². The van der Waals surface area contributed by atoms with Crippen molar-refractivity contribution in [3.8, 4) is 0 Å². The van der Waals surface area contributed by atoms with E-state index in [2.05, 4.69) is 4.72 Å². The summed E-state index contributed by atoms with van der Waals surface area (Å²) in [6.07, 6.45) is 0.663. The highest BCUT2D eigenvalue weighted by atomic mass is 32.2. The Morgan fingerprint density at radius 1 is 1.48 bits per heavy atom. The van der Waals surface area contributed by atoms with Gasteiger partial charge in [0.25, 0.3) is 0 Å². The molecule has 0 saturated carbocycles. The highest BCUT2D eigenvalue weighted by Gasteiger charge is 2.30. The normalized spacial score (nSPS) is 17.9. The Balaban J connectivity index is 2.27. The summed E-state index contributed by atoms with van der Waals surface area (Å²) in [6, 6.07) is 4.92. The van der Waals surface area contributed by atoms with Crippen molar-refractivity contribution in [2.24, 2.45) is 0 Å². The number of nitrogens with one attached hydrogen (secondary N) is 1. The molecule has 2 rings (SSSR count). The number of benzene rings is 1. The van der Waals surface area contributed by atoms with Crippen molar-refractivity contribution in [1.82, 2.24) is 4.72 Å². The minimum atomic E-state index is -3.54. The van der Waals surface area contributed by atoms with Gasteiger partial charge in [0.15, 0.2) is 0 Å². The SMILES string of the molecule is COCCNS(=O)(=O)c1ccc2c(c1)C[C@H](C)N2C(C)=O. The zero-order chi connectivity index (χ0) is 15.6. The molecule has 1 N–H and O–H groups in total. The molecule has 0 unspecified atom stereocenters. The first-order valence-corrected chi connectivity index (χ1v) is 8.26. The molecule has 0 bridgehead atoms. The summed E-state index contributed by atoms with van der Waals surface area (Å²) in [7, 11) is -2.03. The number of hydrogen-bond donors (Lipinski definition) is 1. The zero-order valence-corrected chi connectivity index (χ0v) is 13.2. The van der Waals surface area contributed by atoms with Crippen LogP contribution in [0.5, 0.6) is 0 Å². The molecule has 6 nitrogen and oxygen atoms in total. The molecule has 1 amide bonds. The van der Waals surface area contributed by atoms with Gasteiger partial charge in [0.2, 0.25) is 15.9 Å². The van der Waals surface area contributed by atoms with Crippen LogP contribution in [-0.4, -0.2) is 40.6 Å². The van der Waals surface area contributed by atoms with Crippen molar-refractivity contribution in [2.45, 2.75) is 31.2 Å². The third kappa shape index (κ3) is 3.25. The van der Waals surface area contributed by atoms with E-state index in [1.54, 1.807) is 17.0 Å². The first-order valence-electron chi connectivity index (χ1n) is 6.78. The quantitative estimate of drug-likeness (QED) is 0.820. The van der Waals surface area contributed by atoms with Crippen LogP contribution in [0.4, 0.5) is 5.69 Å². The number of hydrogen-bond acceptors (Lipinski definition) is 4. The molecule has 1 heterocycles. The van der Waals surface area contributed by atoms with Crippen molar-refractivity contribution in [3.05, 3.63) is 23.8 Å². The summed E-state index contributed by atoms with van der Waals surface area (Å²) < 4.78 is 31.6. The van der Waals surface area contributed by atoms with E-state index in [0.29, 0.717) is 13.0 Å². The second-order valence-electron chi connectivity index (χ2n) is 5.12. The van der Waals surface area contributed by atoms with Gasteiger partial charge in [-0.1, -0.05) is 0 Å². The molecule has 1 atom stereocenters. The van der Waals surface area contributed by atoms with Gasteiger partial charge in [-0.05, 0) is 37.1 Å². The molecular formula is C14H20N2O4S. The highest BCUT2D eigenvalue weighted by Crippen LogP contribution is 2.33. The van der Waals surface area contributed by atoms with Gasteiger partial charge in [-0.15, -0.1) is 0 Å². The number of carbonyl (C=O) groups excluding carboxylic acids is 1. The largest absolute Gasteiger partial charge is 0.383 e. The molecule has 21 heavy (non-hydrogen) atoms. The van der Waals surface area contributed by atoms with Crippen molar-refractivity contribution in [3.63, 3.8) is 0 Å². The molecule has 116 valence electrons. The Morgan fingerprint density at radius 3 is 2.81 bits per heavy atom. The molecule has 1 aliphatic heterocycles. The van der Waals surface area contributed by atoms with Gasteiger partial charge >= 0.3 is 0 Å². The van der Waals surface area contributed by atoms with Crippen LogP contribution >= 0.6 is 0 Å². The van der Waals surface area contributed by atoms with Crippen LogP contribution in [0.25, 0.3) is 0 Å². The molecule has 1 aliphatic rings. The molecular weight excluding hydrogens is 292 g/mol. The van der Waals surface area contributed by atoms with Crippen molar-refractivity contribution >= 4 is 21.6 Å². The van der Waals surface area contributed by atoms with E-state index in [1.165, 1.54) is 20.1 Å². The van der Waals surface area contributed by atoms with Crippen molar-refractivity contribution in [1.29, 1.82) is 0 Å². The maximum Gasteiger partial charge on any atom is 0.240 e. The van der Waals surface area contributed by atoms with E-state index in [4.69, 9.17) is 4.74 Å². The number of fused-ring (bicyclic) bond motifs is 1. The summed E-state index contributed by atoms with van der Waals surface area (Å²) in [4.78, 5) is 13.6. The number of nitrogens with zero attached hydrogens (tertiary/aromatic N) is 1. The van der Waals surface area contributed by atoms with Crippen LogP contribution in [0.3, 0.4) is 0 Å². The van der Waals surface area contributed by atoms with Gasteiger partial charge in [-0.3, -0.25) is 4.79 Å². The number of amides is 1. The second kappa shape index (κ2) is 6.13. The van der Waals surface area contributed by atoms with Crippen molar-refractivity contribution in [2.75, 3.05) is 25.2 Å². The van der Waals surface area contributed by atoms with Gasteiger partial charge in [0, 0.05) is 32.3 Å². The smallest absolute Gasteiger partial charge is 0.240 e. The Kier molecular flexibility index (Phi) is 4.65. The van der Waals surface area contributed by atoms with Crippen molar-refractivity contribution < 1.29 is 17.9 Å². The number of rotatable bonds is 5. The Labute approximate surface area is 125 Å². The Bertz CT molecular complexity index is 642.